The Balaban J connectivity index is 1.35. The first-order valence-corrected chi connectivity index (χ1v) is 9.70. The maximum absolute atomic E-state index is 13.0. The third-order valence-corrected chi connectivity index (χ3v) is 5.13. The van der Waals surface area contributed by atoms with Crippen molar-refractivity contribution in [1.82, 2.24) is 5.01 Å². The second-order valence-electron chi connectivity index (χ2n) is 7.19. The molecule has 3 aromatic rings. The second-order valence-corrected chi connectivity index (χ2v) is 7.19. The van der Waals surface area contributed by atoms with Crippen LogP contribution in [0.2, 0.25) is 0 Å². The number of nitrogens with zero attached hydrogens (tertiary/aromatic N) is 2. The molecular formula is C23H20N2O5. The summed E-state index contributed by atoms with van der Waals surface area (Å²) in [6, 6.07) is 16.7. The van der Waals surface area contributed by atoms with Gasteiger partial charge < -0.3 is 18.6 Å². The minimum Gasteiger partial charge on any atom is -0.484 e. The van der Waals surface area contributed by atoms with Crippen LogP contribution in [0.1, 0.15) is 29.3 Å². The molecule has 0 saturated heterocycles. The molecule has 30 heavy (non-hydrogen) atoms. The zero-order valence-electron chi connectivity index (χ0n) is 16.4. The van der Waals surface area contributed by atoms with Crippen molar-refractivity contribution in [3.63, 3.8) is 0 Å². The molecule has 1 atom stereocenters. The summed E-state index contributed by atoms with van der Waals surface area (Å²) in [6.07, 6.45) is 2.18. The Hall–Kier alpha value is -3.74. The van der Waals surface area contributed by atoms with E-state index in [1.807, 2.05) is 43.3 Å². The summed E-state index contributed by atoms with van der Waals surface area (Å²) < 4.78 is 21.9. The van der Waals surface area contributed by atoms with Crippen molar-refractivity contribution in [2.75, 3.05) is 13.4 Å². The Kier molecular flexibility index (Phi) is 4.63. The van der Waals surface area contributed by atoms with E-state index in [9.17, 15) is 4.79 Å². The molecule has 0 radical (unpaired) electrons. The summed E-state index contributed by atoms with van der Waals surface area (Å²) in [5, 5.41) is 6.07. The number of amides is 1. The molecule has 0 unspecified atom stereocenters. The van der Waals surface area contributed by atoms with Crippen LogP contribution in [0, 0.1) is 6.92 Å². The fourth-order valence-corrected chi connectivity index (χ4v) is 3.54. The highest BCUT2D eigenvalue weighted by molar-refractivity contribution is 6.03. The molecule has 0 fully saturated rings. The van der Waals surface area contributed by atoms with Gasteiger partial charge in [0, 0.05) is 12.5 Å². The number of hydrogen-bond donors (Lipinski definition) is 0. The number of furan rings is 1. The molecule has 3 heterocycles. The molecule has 7 nitrogen and oxygen atoms in total. The number of carbonyl (C=O) groups is 1. The maximum atomic E-state index is 13.0. The molecule has 2 aromatic carbocycles. The highest BCUT2D eigenvalue weighted by Gasteiger charge is 2.35. The predicted octanol–water partition coefficient (Wildman–Crippen LogP) is 4.07. The predicted molar refractivity (Wildman–Crippen MR) is 109 cm³/mol. The van der Waals surface area contributed by atoms with Crippen molar-refractivity contribution in [2.24, 2.45) is 5.10 Å². The zero-order chi connectivity index (χ0) is 20.5. The van der Waals surface area contributed by atoms with Crippen LogP contribution in [0.15, 0.2) is 70.4 Å². The average Bonchev–Trinajstić information content (AvgIpc) is 3.52. The fraction of sp³-hybridized carbons (Fsp3) is 0.217. The molecule has 0 spiro atoms. The van der Waals surface area contributed by atoms with E-state index < -0.39 is 0 Å². The number of carbonyl (C=O) groups excluding carboxylic acids is 1. The van der Waals surface area contributed by atoms with Gasteiger partial charge in [0.2, 0.25) is 6.79 Å². The standard InChI is InChI=1S/C23H20N2O5/c1-15-4-6-16(7-5-15)18-12-19(20-3-2-10-27-20)25(24-18)23(26)13-28-17-8-9-21-22(11-17)30-14-29-21/h2-11,19H,12-14H2,1H3/t19-/m1/s1. The first kappa shape index (κ1) is 18.3. The summed E-state index contributed by atoms with van der Waals surface area (Å²) >= 11 is 0. The zero-order valence-corrected chi connectivity index (χ0v) is 16.4. The van der Waals surface area contributed by atoms with Crippen LogP contribution in [0.3, 0.4) is 0 Å². The van der Waals surface area contributed by atoms with E-state index in [1.165, 1.54) is 10.6 Å². The van der Waals surface area contributed by atoms with Crippen LogP contribution in [0.4, 0.5) is 0 Å². The molecule has 5 rings (SSSR count). The average molecular weight is 404 g/mol. The van der Waals surface area contributed by atoms with Crippen LogP contribution < -0.4 is 14.2 Å². The number of rotatable bonds is 5. The quantitative estimate of drug-likeness (QED) is 0.641. The molecule has 0 N–H and O–H groups in total. The molecule has 0 aliphatic carbocycles. The van der Waals surface area contributed by atoms with Crippen LogP contribution in [-0.2, 0) is 4.79 Å². The maximum Gasteiger partial charge on any atom is 0.281 e. The van der Waals surface area contributed by atoms with Crippen molar-refractivity contribution in [3.8, 4) is 17.2 Å². The summed E-state index contributed by atoms with van der Waals surface area (Å²) in [5.41, 5.74) is 3.00. The number of aryl methyl sites for hydroxylation is 1. The highest BCUT2D eigenvalue weighted by atomic mass is 16.7. The SMILES string of the molecule is Cc1ccc(C2=NN(C(=O)COc3ccc4c(c3)OCO4)[C@@H](c3ccco3)C2)cc1. The number of hydrazone groups is 1. The number of hydrogen-bond acceptors (Lipinski definition) is 6. The molecule has 1 amide bonds. The molecule has 152 valence electrons. The van der Waals surface area contributed by atoms with Crippen LogP contribution in [0.25, 0.3) is 0 Å². The van der Waals surface area contributed by atoms with E-state index in [0.29, 0.717) is 29.4 Å². The smallest absolute Gasteiger partial charge is 0.281 e. The number of ether oxygens (including phenoxy) is 3. The van der Waals surface area contributed by atoms with Gasteiger partial charge in [-0.05, 0) is 36.8 Å². The molecule has 2 aliphatic rings. The van der Waals surface area contributed by atoms with Gasteiger partial charge in [0.15, 0.2) is 18.1 Å². The molecule has 2 aliphatic heterocycles. The lowest BCUT2D eigenvalue weighted by Crippen LogP contribution is -2.31. The van der Waals surface area contributed by atoms with Crippen molar-refractivity contribution < 1.29 is 23.4 Å². The lowest BCUT2D eigenvalue weighted by atomic mass is 10.0. The van der Waals surface area contributed by atoms with Gasteiger partial charge >= 0.3 is 0 Å². The summed E-state index contributed by atoms with van der Waals surface area (Å²) in [6.45, 7) is 2.07. The minimum atomic E-state index is -0.302. The third-order valence-electron chi connectivity index (χ3n) is 5.13. The van der Waals surface area contributed by atoms with Crippen molar-refractivity contribution in [1.29, 1.82) is 0 Å². The Morgan fingerprint density at radius 1 is 1.13 bits per heavy atom. The van der Waals surface area contributed by atoms with E-state index in [0.717, 1.165) is 11.3 Å². The molecular weight excluding hydrogens is 384 g/mol. The van der Waals surface area contributed by atoms with Gasteiger partial charge in [-0.2, -0.15) is 5.10 Å². The lowest BCUT2D eigenvalue weighted by molar-refractivity contribution is -0.135. The molecule has 1 aromatic heterocycles. The van der Waals surface area contributed by atoms with Crippen molar-refractivity contribution in [2.45, 2.75) is 19.4 Å². The first-order valence-electron chi connectivity index (χ1n) is 9.70. The van der Waals surface area contributed by atoms with E-state index in [4.69, 9.17) is 18.6 Å². The van der Waals surface area contributed by atoms with E-state index in [-0.39, 0.29) is 25.3 Å². The van der Waals surface area contributed by atoms with Gasteiger partial charge in [-0.1, -0.05) is 29.8 Å². The normalized spacial score (nSPS) is 17.2. The van der Waals surface area contributed by atoms with E-state index in [2.05, 4.69) is 5.10 Å². The lowest BCUT2D eigenvalue weighted by Gasteiger charge is -2.20. The van der Waals surface area contributed by atoms with Gasteiger partial charge in [-0.15, -0.1) is 0 Å². The van der Waals surface area contributed by atoms with Gasteiger partial charge in [0.25, 0.3) is 5.91 Å². The van der Waals surface area contributed by atoms with Crippen LogP contribution in [0.5, 0.6) is 17.2 Å². The summed E-state index contributed by atoms with van der Waals surface area (Å²) in [7, 11) is 0. The monoisotopic (exact) mass is 404 g/mol. The summed E-state index contributed by atoms with van der Waals surface area (Å²) in [5.74, 6) is 2.24. The molecule has 0 saturated carbocycles. The highest BCUT2D eigenvalue weighted by Crippen LogP contribution is 2.36. The van der Waals surface area contributed by atoms with Gasteiger partial charge in [-0.25, -0.2) is 5.01 Å². The van der Waals surface area contributed by atoms with Gasteiger partial charge in [0.05, 0.1) is 12.0 Å². The topological polar surface area (TPSA) is 73.5 Å². The minimum absolute atomic E-state index is 0.151. The number of benzene rings is 2. The summed E-state index contributed by atoms with van der Waals surface area (Å²) in [4.78, 5) is 13.0. The fourth-order valence-electron chi connectivity index (χ4n) is 3.54. The Labute approximate surface area is 173 Å². The second kappa shape index (κ2) is 7.59. The molecule has 0 bridgehead atoms. The Morgan fingerprint density at radius 2 is 1.97 bits per heavy atom. The molecule has 7 heteroatoms. The van der Waals surface area contributed by atoms with E-state index >= 15 is 0 Å². The largest absolute Gasteiger partial charge is 0.484 e. The van der Waals surface area contributed by atoms with Crippen molar-refractivity contribution in [3.05, 3.63) is 77.7 Å². The van der Waals surface area contributed by atoms with Crippen LogP contribution >= 0.6 is 0 Å². The van der Waals surface area contributed by atoms with Crippen molar-refractivity contribution >= 4 is 11.6 Å². The van der Waals surface area contributed by atoms with Gasteiger partial charge in [-0.3, -0.25) is 4.79 Å². The Bertz CT molecular complexity index is 1090. The Morgan fingerprint density at radius 3 is 2.77 bits per heavy atom. The van der Waals surface area contributed by atoms with Gasteiger partial charge in [0.1, 0.15) is 17.6 Å². The number of fused-ring (bicyclic) bond motifs is 1. The third kappa shape index (κ3) is 3.50. The van der Waals surface area contributed by atoms with Crippen LogP contribution in [-0.4, -0.2) is 30.0 Å². The first-order chi connectivity index (χ1) is 14.7. The van der Waals surface area contributed by atoms with E-state index in [1.54, 1.807) is 24.5 Å².